The van der Waals surface area contributed by atoms with E-state index in [4.69, 9.17) is 14.5 Å². The molecule has 7 nitrogen and oxygen atoms in total. The lowest BCUT2D eigenvalue weighted by molar-refractivity contribution is 0.0950. The molecule has 0 saturated heterocycles. The van der Waals surface area contributed by atoms with Gasteiger partial charge in [0.25, 0.3) is 0 Å². The van der Waals surface area contributed by atoms with Crippen molar-refractivity contribution in [1.29, 1.82) is 0 Å². The fourth-order valence-electron chi connectivity index (χ4n) is 3.62. The number of alkyl carbamates (subject to hydrolysis) is 1. The minimum atomic E-state index is -0.361. The highest BCUT2D eigenvalue weighted by molar-refractivity contribution is 5.93. The van der Waals surface area contributed by atoms with Gasteiger partial charge in [-0.25, -0.2) is 9.78 Å². The third-order valence-electron chi connectivity index (χ3n) is 5.10. The quantitative estimate of drug-likeness (QED) is 0.711. The molecule has 1 aromatic carbocycles. The first kappa shape index (κ1) is 20.2. The predicted octanol–water partition coefficient (Wildman–Crippen LogP) is 3.40. The maximum atomic E-state index is 11.8. The zero-order valence-electron chi connectivity index (χ0n) is 16.9. The summed E-state index contributed by atoms with van der Waals surface area (Å²) in [7, 11) is 5.68. The second-order valence-corrected chi connectivity index (χ2v) is 7.40. The molecule has 1 fully saturated rings. The normalized spacial score (nSPS) is 19.2. The number of hydrogen-bond acceptors (Lipinski definition) is 6. The third-order valence-corrected chi connectivity index (χ3v) is 5.10. The van der Waals surface area contributed by atoms with Crippen LogP contribution in [-0.4, -0.2) is 57.6 Å². The van der Waals surface area contributed by atoms with Gasteiger partial charge in [0.2, 0.25) is 0 Å². The van der Waals surface area contributed by atoms with Crippen LogP contribution in [-0.2, 0) is 9.47 Å². The number of nitrogens with one attached hydrogen (secondary N) is 2. The van der Waals surface area contributed by atoms with Gasteiger partial charge in [0, 0.05) is 50.4 Å². The molecule has 2 N–H and O–H groups in total. The van der Waals surface area contributed by atoms with Crippen LogP contribution in [0.4, 0.5) is 16.3 Å². The van der Waals surface area contributed by atoms with E-state index in [-0.39, 0.29) is 18.7 Å². The number of methoxy groups -OCH3 is 1. The summed E-state index contributed by atoms with van der Waals surface area (Å²) in [6.07, 6.45) is 3.44. The molecule has 2 aromatic rings. The van der Waals surface area contributed by atoms with Gasteiger partial charge in [0.1, 0.15) is 12.4 Å². The maximum absolute atomic E-state index is 11.8. The van der Waals surface area contributed by atoms with Crippen molar-refractivity contribution in [3.05, 3.63) is 30.3 Å². The summed E-state index contributed by atoms with van der Waals surface area (Å²) < 4.78 is 9.96. The maximum Gasteiger partial charge on any atom is 0.407 e. The van der Waals surface area contributed by atoms with Gasteiger partial charge in [-0.15, -0.1) is 0 Å². The third kappa shape index (κ3) is 5.25. The van der Waals surface area contributed by atoms with Crippen molar-refractivity contribution in [3.8, 4) is 0 Å². The van der Waals surface area contributed by atoms with Crippen molar-refractivity contribution in [1.82, 2.24) is 10.3 Å². The molecule has 152 valence electrons. The van der Waals surface area contributed by atoms with Crippen molar-refractivity contribution < 1.29 is 14.3 Å². The van der Waals surface area contributed by atoms with Gasteiger partial charge in [-0.1, -0.05) is 18.2 Å². The molecule has 0 atom stereocenters. The van der Waals surface area contributed by atoms with Crippen molar-refractivity contribution in [2.24, 2.45) is 0 Å². The van der Waals surface area contributed by atoms with Gasteiger partial charge in [0.15, 0.2) is 0 Å². The lowest BCUT2D eigenvalue weighted by Crippen LogP contribution is -2.40. The van der Waals surface area contributed by atoms with Gasteiger partial charge in [-0.05, 0) is 31.7 Å². The molecular formula is C21H30N4O3. The SMILES string of the molecule is COCCOC(=O)NC1CCC(Nc2cc(N(C)C)c3ccccc3n2)CC1. The monoisotopic (exact) mass is 386 g/mol. The molecule has 0 unspecified atom stereocenters. The van der Waals surface area contributed by atoms with E-state index in [1.165, 1.54) is 0 Å². The van der Waals surface area contributed by atoms with Crippen LogP contribution in [0.2, 0.25) is 0 Å². The van der Waals surface area contributed by atoms with Gasteiger partial charge in [-0.3, -0.25) is 0 Å². The highest BCUT2D eigenvalue weighted by Gasteiger charge is 2.23. The molecule has 1 amide bonds. The second-order valence-electron chi connectivity index (χ2n) is 7.40. The molecule has 0 radical (unpaired) electrons. The number of aromatic nitrogens is 1. The van der Waals surface area contributed by atoms with E-state index in [0.29, 0.717) is 12.6 Å². The number of ether oxygens (including phenoxy) is 2. The summed E-state index contributed by atoms with van der Waals surface area (Å²) in [4.78, 5) is 18.7. The molecule has 7 heteroatoms. The van der Waals surface area contributed by atoms with Crippen molar-refractivity contribution in [2.75, 3.05) is 44.6 Å². The summed E-state index contributed by atoms with van der Waals surface area (Å²) in [5, 5.41) is 7.68. The van der Waals surface area contributed by atoms with E-state index in [1.807, 2.05) is 32.3 Å². The average Bonchev–Trinajstić information content (AvgIpc) is 2.69. The average molecular weight is 386 g/mol. The van der Waals surface area contributed by atoms with E-state index >= 15 is 0 Å². The highest BCUT2D eigenvalue weighted by atomic mass is 16.6. The van der Waals surface area contributed by atoms with Gasteiger partial charge in [-0.2, -0.15) is 0 Å². The highest BCUT2D eigenvalue weighted by Crippen LogP contribution is 2.29. The number of rotatable bonds is 7. The number of fused-ring (bicyclic) bond motifs is 1. The molecular weight excluding hydrogens is 356 g/mol. The number of nitrogens with zero attached hydrogens (tertiary/aromatic N) is 2. The van der Waals surface area contributed by atoms with E-state index in [2.05, 4.69) is 27.7 Å². The van der Waals surface area contributed by atoms with Crippen LogP contribution in [0.15, 0.2) is 30.3 Å². The Morgan fingerprint density at radius 3 is 2.57 bits per heavy atom. The summed E-state index contributed by atoms with van der Waals surface area (Å²) in [5.74, 6) is 0.901. The van der Waals surface area contributed by atoms with Crippen molar-refractivity contribution in [3.63, 3.8) is 0 Å². The standard InChI is InChI=1S/C21H30N4O3/c1-25(2)19-14-20(24-18-7-5-4-6-17(18)19)22-15-8-10-16(11-9-15)23-21(26)28-13-12-27-3/h4-7,14-16H,8-13H2,1-3H3,(H,22,24)(H,23,26). The first-order valence-corrected chi connectivity index (χ1v) is 9.82. The van der Waals surface area contributed by atoms with Crippen LogP contribution in [0.5, 0.6) is 0 Å². The topological polar surface area (TPSA) is 75.7 Å². The van der Waals surface area contributed by atoms with E-state index in [9.17, 15) is 4.79 Å². The fraction of sp³-hybridized carbons (Fsp3) is 0.524. The van der Waals surface area contributed by atoms with E-state index < -0.39 is 0 Å². The Kier molecular flexibility index (Phi) is 6.92. The molecule has 0 bridgehead atoms. The molecule has 1 heterocycles. The summed E-state index contributed by atoms with van der Waals surface area (Å²) in [6, 6.07) is 10.8. The van der Waals surface area contributed by atoms with Crippen LogP contribution >= 0.6 is 0 Å². The number of pyridine rings is 1. The van der Waals surface area contributed by atoms with Gasteiger partial charge >= 0.3 is 6.09 Å². The molecule has 1 aromatic heterocycles. The van der Waals surface area contributed by atoms with Crippen LogP contribution in [0.25, 0.3) is 10.9 Å². The number of hydrogen-bond donors (Lipinski definition) is 2. The van der Waals surface area contributed by atoms with E-state index in [0.717, 1.165) is 48.1 Å². The zero-order valence-corrected chi connectivity index (χ0v) is 16.9. The number of carbonyl (C=O) groups is 1. The molecule has 0 aliphatic heterocycles. The smallest absolute Gasteiger partial charge is 0.407 e. The molecule has 1 aliphatic rings. The largest absolute Gasteiger partial charge is 0.447 e. The Morgan fingerprint density at radius 2 is 1.86 bits per heavy atom. The first-order valence-electron chi connectivity index (χ1n) is 9.82. The Bertz CT molecular complexity index is 788. The van der Waals surface area contributed by atoms with Crippen molar-refractivity contribution >= 4 is 28.5 Å². The lowest BCUT2D eigenvalue weighted by atomic mass is 9.91. The number of para-hydroxylation sites is 1. The van der Waals surface area contributed by atoms with Crippen LogP contribution < -0.4 is 15.5 Å². The Hall–Kier alpha value is -2.54. The summed E-state index contributed by atoms with van der Waals surface area (Å²) in [5.41, 5.74) is 2.15. The van der Waals surface area contributed by atoms with Gasteiger partial charge < -0.3 is 25.0 Å². The Balaban J connectivity index is 1.55. The zero-order chi connectivity index (χ0) is 19.9. The van der Waals surface area contributed by atoms with E-state index in [1.54, 1.807) is 7.11 Å². The summed E-state index contributed by atoms with van der Waals surface area (Å²) >= 11 is 0. The number of amides is 1. The number of anilines is 2. The minimum Gasteiger partial charge on any atom is -0.447 e. The minimum absolute atomic E-state index is 0.162. The Labute approximate surface area is 166 Å². The molecule has 1 saturated carbocycles. The molecule has 0 spiro atoms. The van der Waals surface area contributed by atoms with Crippen molar-refractivity contribution in [2.45, 2.75) is 37.8 Å². The number of benzene rings is 1. The van der Waals surface area contributed by atoms with Gasteiger partial charge in [0.05, 0.1) is 12.1 Å². The van der Waals surface area contributed by atoms with Crippen LogP contribution in [0.1, 0.15) is 25.7 Å². The second kappa shape index (κ2) is 9.59. The number of carbonyl (C=O) groups excluding carboxylic acids is 1. The lowest BCUT2D eigenvalue weighted by Gasteiger charge is -2.30. The molecule has 28 heavy (non-hydrogen) atoms. The Morgan fingerprint density at radius 1 is 1.14 bits per heavy atom. The summed E-state index contributed by atoms with van der Waals surface area (Å²) in [6.45, 7) is 0.693. The van der Waals surface area contributed by atoms with Crippen LogP contribution in [0.3, 0.4) is 0 Å². The van der Waals surface area contributed by atoms with Crippen LogP contribution in [0, 0.1) is 0 Å². The predicted molar refractivity (Wildman–Crippen MR) is 112 cm³/mol. The fourth-order valence-corrected chi connectivity index (χ4v) is 3.62. The molecule has 1 aliphatic carbocycles. The first-order chi connectivity index (χ1) is 13.6. The molecule has 3 rings (SSSR count).